The Kier molecular flexibility index (Phi) is 6.30. The third-order valence-corrected chi connectivity index (χ3v) is 3.28. The molecule has 1 aromatic carbocycles. The zero-order valence-electron chi connectivity index (χ0n) is 14.4. The minimum Gasteiger partial charge on any atom is -0.347 e. The number of para-hydroxylation sites is 1. The third-order valence-electron chi connectivity index (χ3n) is 3.28. The Hall–Kier alpha value is -2.37. The van der Waals surface area contributed by atoms with E-state index < -0.39 is 11.3 Å². The number of aryl methyl sites for hydroxylation is 2. The Balaban J connectivity index is 2.42. The first kappa shape index (κ1) is 18.7. The summed E-state index contributed by atoms with van der Waals surface area (Å²) in [7, 11) is 0. The molecule has 0 heterocycles. The van der Waals surface area contributed by atoms with Crippen LogP contribution in [0.4, 0.5) is 5.69 Å². The van der Waals surface area contributed by atoms with Gasteiger partial charge in [-0.15, -0.1) is 0 Å². The molecule has 0 aliphatic rings. The maximum atomic E-state index is 11.9. The molecule has 0 aliphatic heterocycles. The number of anilines is 1. The summed E-state index contributed by atoms with van der Waals surface area (Å²) in [6.45, 7) is 8.81. The number of rotatable bonds is 5. The average Bonchev–Trinajstić information content (AvgIpc) is 2.45. The quantitative estimate of drug-likeness (QED) is 0.769. The summed E-state index contributed by atoms with van der Waals surface area (Å²) in [6, 6.07) is 5.73. The maximum Gasteiger partial charge on any atom is 0.243 e. The molecule has 0 bridgehead atoms. The van der Waals surface area contributed by atoms with E-state index in [1.165, 1.54) is 0 Å². The molecule has 1 rings (SSSR count). The van der Waals surface area contributed by atoms with Crippen LogP contribution in [0.2, 0.25) is 0 Å². The van der Waals surface area contributed by atoms with Gasteiger partial charge in [0, 0.05) is 11.1 Å². The Bertz CT molecular complexity index is 583. The number of nitrogens with one attached hydrogen (secondary N) is 3. The summed E-state index contributed by atoms with van der Waals surface area (Å²) in [5, 5.41) is 7.80. The summed E-state index contributed by atoms with van der Waals surface area (Å²) in [4.78, 5) is 35.2. The van der Waals surface area contributed by atoms with E-state index in [2.05, 4.69) is 16.0 Å². The van der Waals surface area contributed by atoms with E-state index in [1.54, 1.807) is 20.8 Å². The minimum absolute atomic E-state index is 0.141. The van der Waals surface area contributed by atoms with Gasteiger partial charge in [-0.2, -0.15) is 0 Å². The van der Waals surface area contributed by atoms with Crippen LogP contribution in [0.1, 0.15) is 31.9 Å². The van der Waals surface area contributed by atoms with Crippen LogP contribution in [-0.2, 0) is 14.4 Å². The largest absolute Gasteiger partial charge is 0.347 e. The maximum absolute atomic E-state index is 11.9. The van der Waals surface area contributed by atoms with Gasteiger partial charge in [-0.25, -0.2) is 0 Å². The Labute approximate surface area is 137 Å². The Morgan fingerprint density at radius 3 is 1.96 bits per heavy atom. The lowest BCUT2D eigenvalue weighted by atomic mass is 9.96. The highest BCUT2D eigenvalue weighted by atomic mass is 16.2. The Morgan fingerprint density at radius 2 is 1.43 bits per heavy atom. The van der Waals surface area contributed by atoms with E-state index in [-0.39, 0.29) is 24.9 Å². The molecule has 6 heteroatoms. The molecule has 1 aromatic rings. The van der Waals surface area contributed by atoms with Crippen molar-refractivity contribution in [1.82, 2.24) is 10.6 Å². The second-order valence-electron chi connectivity index (χ2n) is 6.52. The summed E-state index contributed by atoms with van der Waals surface area (Å²) < 4.78 is 0. The van der Waals surface area contributed by atoms with Crippen LogP contribution in [0, 0.1) is 19.3 Å². The van der Waals surface area contributed by atoms with Crippen LogP contribution in [-0.4, -0.2) is 30.8 Å². The molecule has 126 valence electrons. The Morgan fingerprint density at radius 1 is 0.913 bits per heavy atom. The molecular weight excluding hydrogens is 294 g/mol. The molecule has 0 saturated carbocycles. The normalized spacial score (nSPS) is 10.8. The van der Waals surface area contributed by atoms with Gasteiger partial charge in [-0.3, -0.25) is 14.4 Å². The molecule has 3 amide bonds. The van der Waals surface area contributed by atoms with Gasteiger partial charge in [0.2, 0.25) is 17.7 Å². The van der Waals surface area contributed by atoms with Crippen molar-refractivity contribution in [2.45, 2.75) is 34.6 Å². The third kappa shape index (κ3) is 6.10. The van der Waals surface area contributed by atoms with Crippen molar-refractivity contribution >= 4 is 23.4 Å². The van der Waals surface area contributed by atoms with Gasteiger partial charge in [0.25, 0.3) is 0 Å². The predicted molar refractivity (Wildman–Crippen MR) is 90.0 cm³/mol. The van der Waals surface area contributed by atoms with Crippen LogP contribution < -0.4 is 16.0 Å². The zero-order valence-corrected chi connectivity index (χ0v) is 14.4. The molecule has 3 N–H and O–H groups in total. The zero-order chi connectivity index (χ0) is 17.6. The van der Waals surface area contributed by atoms with Crippen LogP contribution in [0.3, 0.4) is 0 Å². The van der Waals surface area contributed by atoms with Gasteiger partial charge < -0.3 is 16.0 Å². The van der Waals surface area contributed by atoms with Gasteiger partial charge in [-0.05, 0) is 25.0 Å². The van der Waals surface area contributed by atoms with E-state index in [9.17, 15) is 14.4 Å². The van der Waals surface area contributed by atoms with Crippen LogP contribution >= 0.6 is 0 Å². The molecule has 0 unspecified atom stereocenters. The van der Waals surface area contributed by atoms with Crippen LogP contribution in [0.5, 0.6) is 0 Å². The molecule has 0 spiro atoms. The second kappa shape index (κ2) is 7.76. The topological polar surface area (TPSA) is 87.3 Å². The van der Waals surface area contributed by atoms with E-state index >= 15 is 0 Å². The fourth-order valence-corrected chi connectivity index (χ4v) is 1.86. The van der Waals surface area contributed by atoms with Crippen molar-refractivity contribution in [1.29, 1.82) is 0 Å². The molecular formula is C17H25N3O3. The van der Waals surface area contributed by atoms with Gasteiger partial charge in [0.1, 0.15) is 0 Å². The molecule has 23 heavy (non-hydrogen) atoms. The molecule has 6 nitrogen and oxygen atoms in total. The van der Waals surface area contributed by atoms with Crippen molar-refractivity contribution in [3.8, 4) is 0 Å². The molecule has 0 atom stereocenters. The number of carbonyl (C=O) groups is 3. The molecule has 0 aromatic heterocycles. The molecule has 0 aliphatic carbocycles. The summed E-state index contributed by atoms with van der Waals surface area (Å²) in [6.07, 6.45) is 0. The molecule has 0 radical (unpaired) electrons. The lowest BCUT2D eigenvalue weighted by molar-refractivity contribution is -0.131. The minimum atomic E-state index is -0.556. The van der Waals surface area contributed by atoms with Crippen LogP contribution in [0.15, 0.2) is 18.2 Å². The summed E-state index contributed by atoms with van der Waals surface area (Å²) in [5.41, 5.74) is 2.12. The SMILES string of the molecule is Cc1cccc(C)c1NC(=O)CNC(=O)CNC(=O)C(C)(C)C. The van der Waals surface area contributed by atoms with E-state index in [4.69, 9.17) is 0 Å². The number of hydrogen-bond acceptors (Lipinski definition) is 3. The van der Waals surface area contributed by atoms with Crippen molar-refractivity contribution in [2.24, 2.45) is 5.41 Å². The monoisotopic (exact) mass is 319 g/mol. The fraction of sp³-hybridized carbons (Fsp3) is 0.471. The number of amides is 3. The smallest absolute Gasteiger partial charge is 0.243 e. The predicted octanol–water partition coefficient (Wildman–Crippen LogP) is 1.52. The van der Waals surface area contributed by atoms with E-state index in [1.807, 2.05) is 32.0 Å². The van der Waals surface area contributed by atoms with Crippen LogP contribution in [0.25, 0.3) is 0 Å². The first-order valence-corrected chi connectivity index (χ1v) is 7.52. The van der Waals surface area contributed by atoms with Crippen molar-refractivity contribution in [2.75, 3.05) is 18.4 Å². The van der Waals surface area contributed by atoms with Gasteiger partial charge in [0.15, 0.2) is 0 Å². The first-order valence-electron chi connectivity index (χ1n) is 7.52. The highest BCUT2D eigenvalue weighted by Gasteiger charge is 2.21. The van der Waals surface area contributed by atoms with Gasteiger partial charge in [0.05, 0.1) is 13.1 Å². The highest BCUT2D eigenvalue weighted by molar-refractivity contribution is 5.96. The first-order chi connectivity index (χ1) is 10.6. The summed E-state index contributed by atoms with van der Waals surface area (Å²) >= 11 is 0. The molecule has 0 fully saturated rings. The molecule has 0 saturated heterocycles. The second-order valence-corrected chi connectivity index (χ2v) is 6.52. The standard InChI is InChI=1S/C17H25N3O3/c1-11-7-6-8-12(2)15(11)20-14(22)10-18-13(21)9-19-16(23)17(3,4)5/h6-8H,9-10H2,1-5H3,(H,18,21)(H,19,23)(H,20,22). The van der Waals surface area contributed by atoms with E-state index in [0.29, 0.717) is 0 Å². The van der Waals surface area contributed by atoms with Crippen molar-refractivity contribution in [3.63, 3.8) is 0 Å². The van der Waals surface area contributed by atoms with Crippen molar-refractivity contribution in [3.05, 3.63) is 29.3 Å². The number of carbonyl (C=O) groups excluding carboxylic acids is 3. The van der Waals surface area contributed by atoms with E-state index in [0.717, 1.165) is 16.8 Å². The number of benzene rings is 1. The fourth-order valence-electron chi connectivity index (χ4n) is 1.86. The van der Waals surface area contributed by atoms with Crippen molar-refractivity contribution < 1.29 is 14.4 Å². The lowest BCUT2D eigenvalue weighted by Gasteiger charge is -2.17. The number of hydrogen-bond donors (Lipinski definition) is 3. The summed E-state index contributed by atoms with van der Waals surface area (Å²) in [5.74, 6) is -0.926. The lowest BCUT2D eigenvalue weighted by Crippen LogP contribution is -2.43. The average molecular weight is 319 g/mol. The van der Waals surface area contributed by atoms with Gasteiger partial charge in [-0.1, -0.05) is 39.0 Å². The van der Waals surface area contributed by atoms with Gasteiger partial charge >= 0.3 is 0 Å². The highest BCUT2D eigenvalue weighted by Crippen LogP contribution is 2.18.